The zero-order valence-electron chi connectivity index (χ0n) is 15.8. The number of benzene rings is 2. The molecule has 0 unspecified atom stereocenters. The summed E-state index contributed by atoms with van der Waals surface area (Å²) in [6.45, 7) is 3.89. The standard InChI is InChI=1S/C22H26F2N2O/c1-14(18-9-10-20(23)21(24)12-18)25-13-22(27)26-15(2)17-8-7-16-5-3-4-6-19(16)11-17/h7-12,14-15,25H,3-6,13H2,1-2H3,(H,26,27)/t14-,15-/m1/s1. The monoisotopic (exact) mass is 372 g/mol. The summed E-state index contributed by atoms with van der Waals surface area (Å²) in [5, 5.41) is 6.05. The Bertz CT molecular complexity index is 822. The molecule has 2 aromatic rings. The van der Waals surface area contributed by atoms with Crippen LogP contribution in [0.4, 0.5) is 8.78 Å². The molecule has 1 amide bonds. The quantitative estimate of drug-likeness (QED) is 0.790. The number of nitrogens with one attached hydrogen (secondary N) is 2. The number of aryl methyl sites for hydroxylation is 2. The van der Waals surface area contributed by atoms with Crippen molar-refractivity contribution in [3.63, 3.8) is 0 Å². The van der Waals surface area contributed by atoms with Gasteiger partial charge in [-0.2, -0.15) is 0 Å². The van der Waals surface area contributed by atoms with E-state index in [4.69, 9.17) is 0 Å². The highest BCUT2D eigenvalue weighted by atomic mass is 19.2. The molecule has 0 aromatic heterocycles. The van der Waals surface area contributed by atoms with Crippen molar-refractivity contribution in [1.29, 1.82) is 0 Å². The molecule has 2 aromatic carbocycles. The Morgan fingerprint density at radius 1 is 0.926 bits per heavy atom. The van der Waals surface area contributed by atoms with Crippen molar-refractivity contribution >= 4 is 5.91 Å². The molecular weight excluding hydrogens is 346 g/mol. The zero-order chi connectivity index (χ0) is 19.4. The average molecular weight is 372 g/mol. The minimum atomic E-state index is -0.883. The van der Waals surface area contributed by atoms with Crippen molar-refractivity contribution in [2.75, 3.05) is 6.54 Å². The first-order chi connectivity index (χ1) is 12.9. The molecule has 27 heavy (non-hydrogen) atoms. The number of hydrogen-bond donors (Lipinski definition) is 2. The van der Waals surface area contributed by atoms with Gasteiger partial charge in [-0.25, -0.2) is 8.78 Å². The highest BCUT2D eigenvalue weighted by Crippen LogP contribution is 2.24. The van der Waals surface area contributed by atoms with Crippen molar-refractivity contribution in [2.24, 2.45) is 0 Å². The Balaban J connectivity index is 1.53. The molecule has 0 radical (unpaired) electrons. The third kappa shape index (κ3) is 4.92. The van der Waals surface area contributed by atoms with Gasteiger partial charge >= 0.3 is 0 Å². The van der Waals surface area contributed by atoms with Gasteiger partial charge in [0.2, 0.25) is 5.91 Å². The van der Waals surface area contributed by atoms with Gasteiger partial charge < -0.3 is 10.6 Å². The van der Waals surface area contributed by atoms with Crippen LogP contribution in [0.2, 0.25) is 0 Å². The van der Waals surface area contributed by atoms with E-state index in [1.165, 1.54) is 30.0 Å². The lowest BCUT2D eigenvalue weighted by atomic mass is 9.89. The Morgan fingerprint density at radius 3 is 2.33 bits per heavy atom. The first kappa shape index (κ1) is 19.5. The van der Waals surface area contributed by atoms with Crippen LogP contribution >= 0.6 is 0 Å². The van der Waals surface area contributed by atoms with Crippen molar-refractivity contribution in [3.05, 3.63) is 70.3 Å². The van der Waals surface area contributed by atoms with E-state index in [1.807, 2.05) is 13.8 Å². The average Bonchev–Trinajstić information content (AvgIpc) is 2.67. The summed E-state index contributed by atoms with van der Waals surface area (Å²) in [7, 11) is 0. The number of hydrogen-bond acceptors (Lipinski definition) is 2. The molecule has 3 nitrogen and oxygen atoms in total. The van der Waals surface area contributed by atoms with Gasteiger partial charge in [-0.3, -0.25) is 4.79 Å². The molecule has 0 aliphatic heterocycles. The molecular formula is C22H26F2N2O. The smallest absolute Gasteiger partial charge is 0.234 e. The Morgan fingerprint density at radius 2 is 1.59 bits per heavy atom. The van der Waals surface area contributed by atoms with Crippen molar-refractivity contribution < 1.29 is 13.6 Å². The first-order valence-corrected chi connectivity index (χ1v) is 9.53. The molecule has 0 spiro atoms. The fraction of sp³-hybridized carbons (Fsp3) is 0.409. The van der Waals surface area contributed by atoms with Gasteiger partial charge in [0, 0.05) is 6.04 Å². The fourth-order valence-electron chi connectivity index (χ4n) is 3.54. The van der Waals surface area contributed by atoms with Crippen LogP contribution in [0.15, 0.2) is 36.4 Å². The molecule has 5 heteroatoms. The van der Waals surface area contributed by atoms with E-state index in [0.29, 0.717) is 5.56 Å². The lowest BCUT2D eigenvalue weighted by Gasteiger charge is -2.20. The van der Waals surface area contributed by atoms with Gasteiger partial charge in [-0.1, -0.05) is 24.3 Å². The molecule has 2 N–H and O–H groups in total. The van der Waals surface area contributed by atoms with Crippen molar-refractivity contribution in [3.8, 4) is 0 Å². The summed E-state index contributed by atoms with van der Waals surface area (Å²) in [6.07, 6.45) is 4.72. The summed E-state index contributed by atoms with van der Waals surface area (Å²) in [5.41, 5.74) is 4.53. The van der Waals surface area contributed by atoms with Gasteiger partial charge in [-0.15, -0.1) is 0 Å². The molecule has 144 valence electrons. The maximum absolute atomic E-state index is 13.3. The van der Waals surface area contributed by atoms with E-state index in [1.54, 1.807) is 0 Å². The van der Waals surface area contributed by atoms with Gasteiger partial charge in [-0.05, 0) is 73.9 Å². The van der Waals surface area contributed by atoms with Crippen LogP contribution in [0.1, 0.15) is 61.0 Å². The molecule has 3 rings (SSSR count). The minimum absolute atomic E-state index is 0.0786. The van der Waals surface area contributed by atoms with Crippen molar-refractivity contribution in [2.45, 2.75) is 51.6 Å². The first-order valence-electron chi connectivity index (χ1n) is 9.53. The van der Waals surface area contributed by atoms with Crippen molar-refractivity contribution in [1.82, 2.24) is 10.6 Å². The number of carbonyl (C=O) groups excluding carboxylic acids is 1. The summed E-state index contributed by atoms with van der Waals surface area (Å²) in [5.74, 6) is -1.89. The lowest BCUT2D eigenvalue weighted by molar-refractivity contribution is -0.121. The molecule has 0 bridgehead atoms. The van der Waals surface area contributed by atoms with Crippen LogP contribution in [0, 0.1) is 11.6 Å². The van der Waals surface area contributed by atoms with Crippen LogP contribution in [-0.2, 0) is 17.6 Å². The van der Waals surface area contributed by atoms with E-state index in [0.717, 1.165) is 30.5 Å². The van der Waals surface area contributed by atoms with E-state index in [9.17, 15) is 13.6 Å². The Labute approximate surface area is 159 Å². The number of fused-ring (bicyclic) bond motifs is 1. The Hall–Kier alpha value is -2.27. The van der Waals surface area contributed by atoms with Crippen LogP contribution < -0.4 is 10.6 Å². The van der Waals surface area contributed by atoms with Crippen LogP contribution in [0.5, 0.6) is 0 Å². The second kappa shape index (κ2) is 8.61. The van der Waals surface area contributed by atoms with Crippen LogP contribution in [-0.4, -0.2) is 12.5 Å². The second-order valence-electron chi connectivity index (χ2n) is 7.30. The van der Waals surface area contributed by atoms with Crippen LogP contribution in [0.3, 0.4) is 0 Å². The maximum atomic E-state index is 13.3. The molecule has 1 aliphatic rings. The summed E-state index contributed by atoms with van der Waals surface area (Å²) in [6, 6.07) is 9.90. The molecule has 0 saturated carbocycles. The summed E-state index contributed by atoms with van der Waals surface area (Å²) < 4.78 is 26.4. The lowest BCUT2D eigenvalue weighted by Crippen LogP contribution is -2.36. The number of halogens is 2. The van der Waals surface area contributed by atoms with Crippen LogP contribution in [0.25, 0.3) is 0 Å². The van der Waals surface area contributed by atoms with Gasteiger partial charge in [0.15, 0.2) is 11.6 Å². The molecule has 2 atom stereocenters. The SMILES string of the molecule is C[C@@H](NCC(=O)N[C@H](C)c1ccc2c(c1)CCCC2)c1ccc(F)c(F)c1. The molecule has 0 saturated heterocycles. The van der Waals surface area contributed by atoms with E-state index >= 15 is 0 Å². The molecule has 0 heterocycles. The highest BCUT2D eigenvalue weighted by Gasteiger charge is 2.15. The summed E-state index contributed by atoms with van der Waals surface area (Å²) in [4.78, 5) is 12.3. The van der Waals surface area contributed by atoms with Gasteiger partial charge in [0.05, 0.1) is 12.6 Å². The van der Waals surface area contributed by atoms with E-state index < -0.39 is 11.6 Å². The third-order valence-corrected chi connectivity index (χ3v) is 5.26. The topological polar surface area (TPSA) is 41.1 Å². The Kier molecular flexibility index (Phi) is 6.22. The zero-order valence-corrected chi connectivity index (χ0v) is 15.8. The van der Waals surface area contributed by atoms with Gasteiger partial charge in [0.1, 0.15) is 0 Å². The van der Waals surface area contributed by atoms with E-state index in [2.05, 4.69) is 28.8 Å². The third-order valence-electron chi connectivity index (χ3n) is 5.26. The second-order valence-corrected chi connectivity index (χ2v) is 7.30. The maximum Gasteiger partial charge on any atom is 0.234 e. The predicted octanol–water partition coefficient (Wildman–Crippen LogP) is 4.37. The number of rotatable bonds is 6. The molecule has 0 fully saturated rings. The predicted molar refractivity (Wildman–Crippen MR) is 102 cm³/mol. The minimum Gasteiger partial charge on any atom is -0.348 e. The fourth-order valence-corrected chi connectivity index (χ4v) is 3.54. The number of carbonyl (C=O) groups is 1. The highest BCUT2D eigenvalue weighted by molar-refractivity contribution is 5.78. The van der Waals surface area contributed by atoms with E-state index in [-0.39, 0.29) is 24.5 Å². The largest absolute Gasteiger partial charge is 0.348 e. The molecule has 1 aliphatic carbocycles. The van der Waals surface area contributed by atoms with Gasteiger partial charge in [0.25, 0.3) is 0 Å². The summed E-state index contributed by atoms with van der Waals surface area (Å²) >= 11 is 0. The normalized spacial score (nSPS) is 15.7. The number of amides is 1.